The molecule has 2 heterocycles. The van der Waals surface area contributed by atoms with Crippen LogP contribution in [0.5, 0.6) is 0 Å². The maximum Gasteiger partial charge on any atom is 0.308 e. The van der Waals surface area contributed by atoms with E-state index in [0.29, 0.717) is 32.3 Å². The van der Waals surface area contributed by atoms with E-state index in [0.717, 1.165) is 24.8 Å². The molecule has 0 saturated carbocycles. The lowest BCUT2D eigenvalue weighted by molar-refractivity contribution is -0.197. The summed E-state index contributed by atoms with van der Waals surface area (Å²) in [6, 6.07) is 0. The van der Waals surface area contributed by atoms with Crippen LogP contribution < -0.4 is 0 Å². The molecule has 0 aromatic carbocycles. The van der Waals surface area contributed by atoms with Gasteiger partial charge < -0.3 is 24.4 Å². The van der Waals surface area contributed by atoms with Crippen molar-refractivity contribution in [2.45, 2.75) is 111 Å². The first-order valence-electron chi connectivity index (χ1n) is 13.8. The minimum absolute atomic E-state index is 0.0283. The average molecular weight is 509 g/mol. The van der Waals surface area contributed by atoms with E-state index < -0.39 is 18.2 Å². The second kappa shape index (κ2) is 15.7. The van der Waals surface area contributed by atoms with Crippen molar-refractivity contribution in [2.24, 2.45) is 23.7 Å². The van der Waals surface area contributed by atoms with E-state index in [2.05, 4.69) is 0 Å². The van der Waals surface area contributed by atoms with E-state index in [9.17, 15) is 19.8 Å². The van der Waals surface area contributed by atoms with Gasteiger partial charge in [-0.1, -0.05) is 38.5 Å². The van der Waals surface area contributed by atoms with Gasteiger partial charge in [0.15, 0.2) is 12.1 Å². The number of allylic oxidation sites excluding steroid dienone is 3. The Labute approximate surface area is 217 Å². The van der Waals surface area contributed by atoms with Gasteiger partial charge in [-0.15, -0.1) is 0 Å². The quantitative estimate of drug-likeness (QED) is 0.500. The van der Waals surface area contributed by atoms with Crippen molar-refractivity contribution in [2.75, 3.05) is 13.2 Å². The summed E-state index contributed by atoms with van der Waals surface area (Å²) in [6.45, 7) is 10.1. The molecule has 2 unspecified atom stereocenters. The second-order valence-corrected chi connectivity index (χ2v) is 10.9. The van der Waals surface area contributed by atoms with Crippen LogP contribution in [-0.2, 0) is 23.8 Å². The Morgan fingerprint density at radius 1 is 1.11 bits per heavy atom. The van der Waals surface area contributed by atoms with Gasteiger partial charge in [-0.05, 0) is 76.7 Å². The number of esters is 1. The van der Waals surface area contributed by atoms with Crippen molar-refractivity contribution in [1.82, 2.24) is 0 Å². The number of aliphatic hydroxyl groups excluding tert-OH is 2. The Morgan fingerprint density at radius 2 is 1.86 bits per heavy atom. The summed E-state index contributed by atoms with van der Waals surface area (Å²) in [7, 11) is 0. The van der Waals surface area contributed by atoms with Crippen molar-refractivity contribution >= 4 is 11.8 Å². The monoisotopic (exact) mass is 508 g/mol. The van der Waals surface area contributed by atoms with Gasteiger partial charge in [0.05, 0.1) is 25.2 Å². The molecule has 0 aromatic rings. The normalized spacial score (nSPS) is 38.1. The molecule has 7 nitrogen and oxygen atoms in total. The van der Waals surface area contributed by atoms with Crippen LogP contribution >= 0.6 is 0 Å². The number of hydrogen-bond acceptors (Lipinski definition) is 7. The number of ketones is 1. The zero-order valence-electron chi connectivity index (χ0n) is 22.9. The SMILES string of the molecule is CC[C@H]1OC(=O)C[C@@H](O)[C@H](C)C[C@@H](CCO)C[C@@H](C)C(=O)/C=C/C(C)=C/C1CO[C@H]1CCCC(C)O1. The summed E-state index contributed by atoms with van der Waals surface area (Å²) in [4.78, 5) is 25.6. The maximum atomic E-state index is 12.8. The predicted molar refractivity (Wildman–Crippen MR) is 139 cm³/mol. The molecule has 0 spiro atoms. The third-order valence-corrected chi connectivity index (χ3v) is 7.51. The molecule has 0 radical (unpaired) electrons. The lowest BCUT2D eigenvalue weighted by Gasteiger charge is -2.31. The molecule has 2 N–H and O–H groups in total. The predicted octanol–water partition coefficient (Wildman–Crippen LogP) is 4.74. The molecule has 1 saturated heterocycles. The second-order valence-electron chi connectivity index (χ2n) is 10.9. The van der Waals surface area contributed by atoms with Crippen LogP contribution in [-0.4, -0.2) is 59.8 Å². The van der Waals surface area contributed by atoms with Gasteiger partial charge in [0.2, 0.25) is 0 Å². The molecule has 0 bridgehead atoms. The molecule has 0 aliphatic carbocycles. The Bertz CT molecular complexity index is 746. The van der Waals surface area contributed by atoms with Crippen LogP contribution in [0.15, 0.2) is 23.8 Å². The van der Waals surface area contributed by atoms with Crippen LogP contribution in [0.25, 0.3) is 0 Å². The van der Waals surface area contributed by atoms with Gasteiger partial charge in [0, 0.05) is 18.4 Å². The van der Waals surface area contributed by atoms with Crippen molar-refractivity contribution in [3.63, 3.8) is 0 Å². The fraction of sp³-hybridized carbons (Fsp3) is 0.793. The number of ether oxygens (including phenoxy) is 3. The Hall–Kier alpha value is -1.54. The average Bonchev–Trinajstić information content (AvgIpc) is 2.83. The molecule has 0 aromatic heterocycles. The van der Waals surface area contributed by atoms with Crippen LogP contribution in [0, 0.1) is 23.7 Å². The number of carbonyl (C=O) groups is 2. The molecule has 1 fully saturated rings. The van der Waals surface area contributed by atoms with E-state index in [1.807, 2.05) is 46.8 Å². The number of aliphatic hydroxyl groups is 2. The summed E-state index contributed by atoms with van der Waals surface area (Å²) in [5.74, 6) is -0.866. The van der Waals surface area contributed by atoms with Crippen molar-refractivity contribution in [1.29, 1.82) is 0 Å². The van der Waals surface area contributed by atoms with Crippen LogP contribution in [0.3, 0.4) is 0 Å². The summed E-state index contributed by atoms with van der Waals surface area (Å²) in [5.41, 5.74) is 0.893. The zero-order chi connectivity index (χ0) is 26.7. The topological polar surface area (TPSA) is 102 Å². The zero-order valence-corrected chi connectivity index (χ0v) is 22.9. The molecule has 2 aliphatic heterocycles. The van der Waals surface area contributed by atoms with Crippen molar-refractivity contribution in [3.8, 4) is 0 Å². The van der Waals surface area contributed by atoms with Crippen LogP contribution in [0.2, 0.25) is 0 Å². The number of cyclic esters (lactones) is 1. The molecule has 36 heavy (non-hydrogen) atoms. The van der Waals surface area contributed by atoms with E-state index in [4.69, 9.17) is 14.2 Å². The van der Waals surface area contributed by atoms with E-state index in [-0.39, 0.29) is 54.9 Å². The van der Waals surface area contributed by atoms with E-state index in [1.54, 1.807) is 6.08 Å². The first-order chi connectivity index (χ1) is 17.1. The van der Waals surface area contributed by atoms with Gasteiger partial charge >= 0.3 is 5.97 Å². The summed E-state index contributed by atoms with van der Waals surface area (Å²) in [5, 5.41) is 20.2. The Morgan fingerprint density at radius 3 is 2.53 bits per heavy atom. The highest BCUT2D eigenvalue weighted by Gasteiger charge is 2.29. The largest absolute Gasteiger partial charge is 0.462 e. The summed E-state index contributed by atoms with van der Waals surface area (Å²) in [6.07, 6.45) is 9.29. The highest BCUT2D eigenvalue weighted by Crippen LogP contribution is 2.28. The summed E-state index contributed by atoms with van der Waals surface area (Å²) < 4.78 is 17.9. The van der Waals surface area contributed by atoms with Gasteiger partial charge in [-0.3, -0.25) is 9.59 Å². The fourth-order valence-electron chi connectivity index (χ4n) is 5.22. The first-order valence-corrected chi connectivity index (χ1v) is 13.8. The van der Waals surface area contributed by atoms with Gasteiger partial charge in [-0.25, -0.2) is 0 Å². The molecular weight excluding hydrogens is 460 g/mol. The van der Waals surface area contributed by atoms with Crippen molar-refractivity contribution in [3.05, 3.63) is 23.8 Å². The van der Waals surface area contributed by atoms with Gasteiger partial charge in [-0.2, -0.15) is 0 Å². The molecule has 0 amide bonds. The smallest absolute Gasteiger partial charge is 0.308 e. The number of carbonyl (C=O) groups excluding carboxylic acids is 2. The molecule has 8 atom stereocenters. The Balaban J connectivity index is 2.26. The number of rotatable bonds is 6. The fourth-order valence-corrected chi connectivity index (χ4v) is 5.22. The standard InChI is InChI=1S/C29H48O7/c1-6-27-24(18-34-29-9-7-8-22(5)35-29)14-19(2)10-11-25(31)20(3)15-23(12-13-30)16-21(4)26(32)17-28(33)36-27/h10-11,14,20-24,26-27,29-30,32H,6-9,12-13,15-18H2,1-5H3/b11-10+,19-14+/t20-,21-,22?,23+,24?,26-,27-,29-/m1/s1. The highest BCUT2D eigenvalue weighted by molar-refractivity contribution is 5.91. The van der Waals surface area contributed by atoms with Crippen LogP contribution in [0.1, 0.15) is 86.0 Å². The van der Waals surface area contributed by atoms with E-state index >= 15 is 0 Å². The minimum Gasteiger partial charge on any atom is -0.462 e. The third kappa shape index (κ3) is 10.4. The lowest BCUT2D eigenvalue weighted by Crippen LogP contribution is -2.34. The van der Waals surface area contributed by atoms with E-state index in [1.165, 1.54) is 0 Å². The molecule has 2 aliphatic rings. The molecule has 2 rings (SSSR count). The van der Waals surface area contributed by atoms with Gasteiger partial charge in [0.25, 0.3) is 0 Å². The van der Waals surface area contributed by atoms with Crippen LogP contribution in [0.4, 0.5) is 0 Å². The van der Waals surface area contributed by atoms with Gasteiger partial charge in [0.1, 0.15) is 6.10 Å². The third-order valence-electron chi connectivity index (χ3n) is 7.51. The minimum atomic E-state index is -0.848. The summed E-state index contributed by atoms with van der Waals surface area (Å²) >= 11 is 0. The molecule has 206 valence electrons. The number of hydrogen-bond donors (Lipinski definition) is 2. The molecular formula is C29H48O7. The lowest BCUT2D eigenvalue weighted by atomic mass is 9.82. The van der Waals surface area contributed by atoms with Crippen molar-refractivity contribution < 1.29 is 34.0 Å². The first kappa shape index (κ1) is 30.7. The highest BCUT2D eigenvalue weighted by atomic mass is 16.7. The Kier molecular flexibility index (Phi) is 13.3. The molecule has 7 heteroatoms. The maximum absolute atomic E-state index is 12.8.